The van der Waals surface area contributed by atoms with Crippen molar-refractivity contribution in [2.75, 3.05) is 12.0 Å². The molecular weight excluding hydrogens is 398 g/mol. The van der Waals surface area contributed by atoms with Gasteiger partial charge in [-0.25, -0.2) is 15.0 Å². The molecule has 0 fully saturated rings. The minimum atomic E-state index is -0.834. The Morgan fingerprint density at radius 3 is 2.78 bits per heavy atom. The minimum Gasteiger partial charge on any atom is -0.481 e. The summed E-state index contributed by atoms with van der Waals surface area (Å²) in [6.45, 7) is 2.21. The van der Waals surface area contributed by atoms with Crippen LogP contribution >= 0.6 is 34.9 Å². The highest BCUT2D eigenvalue weighted by atomic mass is 32.2. The molecule has 3 aromatic rings. The van der Waals surface area contributed by atoms with Gasteiger partial charge in [0.2, 0.25) is 0 Å². The summed E-state index contributed by atoms with van der Waals surface area (Å²) in [6, 6.07) is 0. The third-order valence-electron chi connectivity index (χ3n) is 4.85. The van der Waals surface area contributed by atoms with Crippen molar-refractivity contribution in [1.82, 2.24) is 15.0 Å². The largest absolute Gasteiger partial charge is 0.481 e. The van der Waals surface area contributed by atoms with E-state index in [0.29, 0.717) is 5.16 Å². The fraction of sp³-hybridized carbons (Fsp3) is 0.474. The van der Waals surface area contributed by atoms with E-state index >= 15 is 0 Å². The van der Waals surface area contributed by atoms with Gasteiger partial charge >= 0.3 is 5.97 Å². The second-order valence-corrected chi connectivity index (χ2v) is 9.37. The van der Waals surface area contributed by atoms with Crippen molar-refractivity contribution in [2.45, 2.75) is 55.6 Å². The summed E-state index contributed by atoms with van der Waals surface area (Å²) in [5.41, 5.74) is 5.05. The Morgan fingerprint density at radius 1 is 1.22 bits per heavy atom. The van der Waals surface area contributed by atoms with Gasteiger partial charge < -0.3 is 5.11 Å². The highest BCUT2D eigenvalue weighted by Crippen LogP contribution is 2.42. The van der Waals surface area contributed by atoms with E-state index in [1.54, 1.807) is 11.3 Å². The Morgan fingerprint density at radius 2 is 2.04 bits per heavy atom. The first-order chi connectivity index (χ1) is 13.1. The lowest BCUT2D eigenvalue weighted by Crippen LogP contribution is -2.00. The lowest BCUT2D eigenvalue weighted by Gasteiger charge is -2.09. The van der Waals surface area contributed by atoms with Crippen molar-refractivity contribution in [3.8, 4) is 0 Å². The summed E-state index contributed by atoms with van der Waals surface area (Å²) in [6.07, 6.45) is 8.67. The predicted molar refractivity (Wildman–Crippen MR) is 113 cm³/mol. The van der Waals surface area contributed by atoms with E-state index in [1.807, 2.05) is 6.26 Å². The molecule has 0 amide bonds. The Kier molecular flexibility index (Phi) is 5.57. The van der Waals surface area contributed by atoms with Crippen molar-refractivity contribution >= 4 is 61.3 Å². The third kappa shape index (κ3) is 3.54. The second kappa shape index (κ2) is 7.93. The molecule has 5 nitrogen and oxygen atoms in total. The number of aryl methyl sites for hydroxylation is 2. The topological polar surface area (TPSA) is 76.0 Å². The zero-order valence-electron chi connectivity index (χ0n) is 15.4. The summed E-state index contributed by atoms with van der Waals surface area (Å²) < 4.78 is 0.975. The van der Waals surface area contributed by atoms with E-state index in [9.17, 15) is 4.79 Å². The van der Waals surface area contributed by atoms with Crippen LogP contribution in [0.4, 0.5) is 0 Å². The molecular formula is C19H21N3O2S3. The molecule has 142 valence electrons. The first kappa shape index (κ1) is 19.0. The average Bonchev–Trinajstić information content (AvgIpc) is 3.27. The van der Waals surface area contributed by atoms with E-state index in [1.165, 1.54) is 58.6 Å². The van der Waals surface area contributed by atoms with Gasteiger partial charge in [-0.2, -0.15) is 0 Å². The Labute approximate surface area is 170 Å². The summed E-state index contributed by atoms with van der Waals surface area (Å²) in [4.78, 5) is 26.5. The van der Waals surface area contributed by atoms with Gasteiger partial charge in [0.15, 0.2) is 5.16 Å². The standard InChI is InChI=1S/C19H21N3O2S3/c1-3-4-8-12-10-6-5-7-11(10)14-15-16(27-17(14)20-12)18(26-9-13(23)24)22-19(21-15)25-2/h3-9H2,1-2H3,(H,23,24). The van der Waals surface area contributed by atoms with Gasteiger partial charge in [-0.3, -0.25) is 4.79 Å². The maximum absolute atomic E-state index is 11.1. The molecule has 0 aromatic carbocycles. The number of pyridine rings is 1. The fourth-order valence-corrected chi connectivity index (χ4v) is 6.08. The Balaban J connectivity index is 1.95. The lowest BCUT2D eigenvalue weighted by atomic mass is 10.0. The van der Waals surface area contributed by atoms with Crippen molar-refractivity contribution in [3.63, 3.8) is 0 Å². The first-order valence-electron chi connectivity index (χ1n) is 9.15. The molecule has 1 N–H and O–H groups in total. The number of aromatic nitrogens is 3. The normalized spacial score (nSPS) is 13.6. The number of fused-ring (bicyclic) bond motifs is 5. The second-order valence-electron chi connectivity index (χ2n) is 6.63. The lowest BCUT2D eigenvalue weighted by molar-refractivity contribution is -0.133. The highest BCUT2D eigenvalue weighted by molar-refractivity contribution is 8.00. The van der Waals surface area contributed by atoms with Crippen LogP contribution in [0.2, 0.25) is 0 Å². The van der Waals surface area contributed by atoms with Gasteiger partial charge in [0.1, 0.15) is 9.86 Å². The maximum Gasteiger partial charge on any atom is 0.313 e. The zero-order chi connectivity index (χ0) is 19.0. The van der Waals surface area contributed by atoms with Gasteiger partial charge in [0.25, 0.3) is 0 Å². The zero-order valence-corrected chi connectivity index (χ0v) is 17.8. The van der Waals surface area contributed by atoms with E-state index < -0.39 is 5.97 Å². The smallest absolute Gasteiger partial charge is 0.313 e. The third-order valence-corrected chi connectivity index (χ3v) is 7.57. The van der Waals surface area contributed by atoms with E-state index in [-0.39, 0.29) is 5.75 Å². The van der Waals surface area contributed by atoms with Crippen LogP contribution in [0.25, 0.3) is 20.4 Å². The van der Waals surface area contributed by atoms with Gasteiger partial charge in [-0.1, -0.05) is 36.9 Å². The number of unbranched alkanes of at least 4 members (excludes halogenated alkanes) is 1. The van der Waals surface area contributed by atoms with Gasteiger partial charge in [0, 0.05) is 11.1 Å². The van der Waals surface area contributed by atoms with Crippen molar-refractivity contribution in [2.24, 2.45) is 0 Å². The Bertz CT molecular complexity index is 1030. The molecule has 0 bridgehead atoms. The van der Waals surface area contributed by atoms with E-state index in [0.717, 1.165) is 45.8 Å². The quantitative estimate of drug-likeness (QED) is 0.329. The molecule has 8 heteroatoms. The molecule has 3 heterocycles. The monoisotopic (exact) mass is 419 g/mol. The number of rotatable bonds is 7. The van der Waals surface area contributed by atoms with Crippen LogP contribution in [0.15, 0.2) is 10.2 Å². The number of thiophene rings is 1. The maximum atomic E-state index is 11.1. The van der Waals surface area contributed by atoms with Crippen LogP contribution in [0.5, 0.6) is 0 Å². The van der Waals surface area contributed by atoms with Gasteiger partial charge in [-0.15, -0.1) is 11.3 Å². The van der Waals surface area contributed by atoms with Crippen LogP contribution in [-0.2, 0) is 24.1 Å². The number of nitrogens with zero attached hydrogens (tertiary/aromatic N) is 3. The molecule has 0 saturated carbocycles. The van der Waals surface area contributed by atoms with Gasteiger partial charge in [0.05, 0.1) is 16.0 Å². The SMILES string of the molecule is CCCCc1nc2sc3c(SCC(=O)O)nc(SC)nc3c2c2c1CCC2. The molecule has 27 heavy (non-hydrogen) atoms. The average molecular weight is 420 g/mol. The molecule has 1 aliphatic rings. The molecule has 1 aliphatic carbocycles. The number of thioether (sulfide) groups is 2. The molecule has 4 rings (SSSR count). The number of carboxylic acids is 1. The Hall–Kier alpha value is -1.38. The molecule has 0 radical (unpaired) electrons. The molecule has 0 aliphatic heterocycles. The number of carboxylic acid groups (broad SMARTS) is 1. The molecule has 0 saturated heterocycles. The molecule has 3 aromatic heterocycles. The van der Waals surface area contributed by atoms with E-state index in [2.05, 4.69) is 11.9 Å². The number of carbonyl (C=O) groups is 1. The molecule has 0 spiro atoms. The van der Waals surface area contributed by atoms with Crippen LogP contribution in [0, 0.1) is 0 Å². The fourth-order valence-electron chi connectivity index (χ4n) is 3.67. The van der Waals surface area contributed by atoms with Crippen LogP contribution in [-0.4, -0.2) is 38.0 Å². The summed E-state index contributed by atoms with van der Waals surface area (Å²) in [7, 11) is 0. The molecule has 0 unspecified atom stereocenters. The number of hydrogen-bond donors (Lipinski definition) is 1. The highest BCUT2D eigenvalue weighted by Gasteiger charge is 2.25. The van der Waals surface area contributed by atoms with Crippen molar-refractivity contribution < 1.29 is 9.90 Å². The summed E-state index contributed by atoms with van der Waals surface area (Å²) in [5.74, 6) is -0.832. The van der Waals surface area contributed by atoms with Crippen LogP contribution in [0.1, 0.15) is 43.0 Å². The molecule has 0 atom stereocenters. The summed E-state index contributed by atoms with van der Waals surface area (Å²) >= 11 is 4.38. The number of hydrogen-bond acceptors (Lipinski definition) is 7. The van der Waals surface area contributed by atoms with Crippen molar-refractivity contribution in [3.05, 3.63) is 16.8 Å². The van der Waals surface area contributed by atoms with Crippen LogP contribution in [0.3, 0.4) is 0 Å². The predicted octanol–water partition coefficient (Wildman–Crippen LogP) is 4.97. The van der Waals surface area contributed by atoms with E-state index in [4.69, 9.17) is 15.1 Å². The van der Waals surface area contributed by atoms with Gasteiger partial charge in [-0.05, 0) is 49.5 Å². The van der Waals surface area contributed by atoms with Crippen molar-refractivity contribution in [1.29, 1.82) is 0 Å². The minimum absolute atomic E-state index is 0.00145. The number of aliphatic carboxylic acids is 1. The first-order valence-corrected chi connectivity index (χ1v) is 12.2. The van der Waals surface area contributed by atoms with Crippen LogP contribution < -0.4 is 0 Å². The summed E-state index contributed by atoms with van der Waals surface area (Å²) in [5, 5.41) is 11.7.